The first kappa shape index (κ1) is 16.6. The molecular weight excluding hydrogens is 349 g/mol. The molecule has 0 aliphatic rings. The molecule has 0 unspecified atom stereocenters. The molecule has 3 aromatic carbocycles. The Hall–Kier alpha value is -2.84. The molecule has 0 atom stereocenters. The summed E-state index contributed by atoms with van der Waals surface area (Å²) in [6, 6.07) is 24.1. The van der Waals surface area contributed by atoms with Crippen LogP contribution in [0.15, 0.2) is 91.3 Å². The first-order valence-electron chi connectivity index (χ1n) is 8.13. The van der Waals surface area contributed by atoms with Crippen LogP contribution >= 0.6 is 7.92 Å². The van der Waals surface area contributed by atoms with Gasteiger partial charge in [-0.3, -0.25) is 4.57 Å². The summed E-state index contributed by atoms with van der Waals surface area (Å²) in [5.41, 5.74) is 1.36. The molecule has 5 heteroatoms. The molecule has 4 aromatic rings. The van der Waals surface area contributed by atoms with E-state index in [1.54, 1.807) is 18.5 Å². The van der Waals surface area contributed by atoms with Crippen LogP contribution in [0.3, 0.4) is 0 Å². The number of benzene rings is 3. The van der Waals surface area contributed by atoms with Gasteiger partial charge in [0, 0.05) is 26.4 Å². The van der Waals surface area contributed by atoms with E-state index in [0.717, 1.165) is 22.2 Å². The van der Waals surface area contributed by atoms with Crippen LogP contribution in [0.2, 0.25) is 0 Å². The maximum atomic E-state index is 13.7. The van der Waals surface area contributed by atoms with Crippen molar-refractivity contribution in [2.75, 3.05) is 0 Å². The second-order valence-electron chi connectivity index (χ2n) is 5.70. The van der Waals surface area contributed by atoms with Crippen LogP contribution in [0.5, 0.6) is 0 Å². The van der Waals surface area contributed by atoms with Crippen molar-refractivity contribution >= 4 is 24.1 Å². The first-order valence-corrected chi connectivity index (χ1v) is 9.47. The molecule has 0 saturated carbocycles. The number of imidazole rings is 1. The van der Waals surface area contributed by atoms with E-state index in [1.807, 2.05) is 41.0 Å². The molecule has 26 heavy (non-hydrogen) atoms. The van der Waals surface area contributed by atoms with E-state index in [2.05, 4.69) is 29.2 Å². The maximum Gasteiger partial charge on any atom is 0.160 e. The van der Waals surface area contributed by atoms with Crippen molar-refractivity contribution in [1.82, 2.24) is 9.55 Å². The number of halogens is 2. The summed E-state index contributed by atoms with van der Waals surface area (Å²) in [6.45, 7) is 0. The molecule has 0 radical (unpaired) electrons. The van der Waals surface area contributed by atoms with Crippen molar-refractivity contribution in [3.63, 3.8) is 0 Å². The van der Waals surface area contributed by atoms with Crippen LogP contribution in [-0.2, 0) is 0 Å². The van der Waals surface area contributed by atoms with Crippen LogP contribution in [0.1, 0.15) is 0 Å². The molecule has 0 amide bonds. The summed E-state index contributed by atoms with van der Waals surface area (Å²) in [5.74, 6) is -1.73. The maximum absolute atomic E-state index is 13.7. The Balaban J connectivity index is 1.88. The zero-order valence-electron chi connectivity index (χ0n) is 13.8. The molecule has 0 aliphatic carbocycles. The third kappa shape index (κ3) is 3.16. The van der Waals surface area contributed by atoms with Crippen molar-refractivity contribution in [3.05, 3.63) is 103 Å². The standard InChI is InChI=1S/C21H15F2N2P/c22-19-12-11-16(15-20(19)23)25-14-13-24-21(25)26(17-7-3-1-4-8-17)18-9-5-2-6-10-18/h1-15H. The van der Waals surface area contributed by atoms with Crippen molar-refractivity contribution in [1.29, 1.82) is 0 Å². The fraction of sp³-hybridized carbons (Fsp3) is 0. The number of hydrogen-bond donors (Lipinski definition) is 0. The Kier molecular flexibility index (Phi) is 4.59. The van der Waals surface area contributed by atoms with E-state index in [9.17, 15) is 8.78 Å². The van der Waals surface area contributed by atoms with Gasteiger partial charge in [0.2, 0.25) is 0 Å². The van der Waals surface area contributed by atoms with Gasteiger partial charge in [-0.1, -0.05) is 60.7 Å². The SMILES string of the molecule is Fc1ccc(-n2ccnc2P(c2ccccc2)c2ccccc2)cc1F. The molecule has 0 fully saturated rings. The van der Waals surface area contributed by atoms with Gasteiger partial charge in [0.1, 0.15) is 5.57 Å². The Labute approximate surface area is 151 Å². The lowest BCUT2D eigenvalue weighted by Crippen LogP contribution is -2.27. The van der Waals surface area contributed by atoms with Crippen LogP contribution in [0.25, 0.3) is 5.69 Å². The lowest BCUT2D eigenvalue weighted by Gasteiger charge is -2.19. The fourth-order valence-electron chi connectivity index (χ4n) is 2.83. The zero-order valence-corrected chi connectivity index (χ0v) is 14.7. The second-order valence-corrected chi connectivity index (χ2v) is 7.81. The summed E-state index contributed by atoms with van der Waals surface area (Å²) in [5, 5.41) is 2.28. The summed E-state index contributed by atoms with van der Waals surface area (Å²) in [4.78, 5) is 4.57. The Morgan fingerprint density at radius 1 is 0.731 bits per heavy atom. The molecule has 1 aromatic heterocycles. The Bertz CT molecular complexity index is 977. The average Bonchev–Trinajstić information content (AvgIpc) is 3.15. The van der Waals surface area contributed by atoms with E-state index < -0.39 is 19.6 Å². The fourth-order valence-corrected chi connectivity index (χ4v) is 5.11. The van der Waals surface area contributed by atoms with Gasteiger partial charge in [-0.25, -0.2) is 13.8 Å². The largest absolute Gasteiger partial charge is 0.299 e. The highest BCUT2D eigenvalue weighted by atomic mass is 31.1. The van der Waals surface area contributed by atoms with Gasteiger partial charge < -0.3 is 0 Å². The quantitative estimate of drug-likeness (QED) is 0.502. The Morgan fingerprint density at radius 3 is 1.92 bits per heavy atom. The molecule has 4 rings (SSSR count). The lowest BCUT2D eigenvalue weighted by molar-refractivity contribution is 0.508. The summed E-state index contributed by atoms with van der Waals surface area (Å²) in [6.07, 6.45) is 3.47. The number of rotatable bonds is 4. The minimum atomic E-state index is -0.935. The van der Waals surface area contributed by atoms with Crippen LogP contribution < -0.4 is 16.2 Å². The van der Waals surface area contributed by atoms with Gasteiger partial charge in [-0.05, 0) is 22.7 Å². The van der Waals surface area contributed by atoms with E-state index in [4.69, 9.17) is 0 Å². The van der Waals surface area contributed by atoms with Crippen LogP contribution in [0, 0.1) is 11.6 Å². The van der Waals surface area contributed by atoms with Gasteiger partial charge in [0.15, 0.2) is 11.6 Å². The van der Waals surface area contributed by atoms with Crippen LogP contribution in [0.4, 0.5) is 8.78 Å². The van der Waals surface area contributed by atoms with Gasteiger partial charge in [-0.2, -0.15) is 0 Å². The Morgan fingerprint density at radius 2 is 1.35 bits per heavy atom. The smallest absolute Gasteiger partial charge is 0.160 e. The van der Waals surface area contributed by atoms with E-state index in [0.29, 0.717) is 5.69 Å². The van der Waals surface area contributed by atoms with Gasteiger partial charge >= 0.3 is 0 Å². The van der Waals surface area contributed by atoms with Crippen molar-refractivity contribution in [2.45, 2.75) is 0 Å². The highest BCUT2D eigenvalue weighted by Crippen LogP contribution is 2.32. The molecule has 0 bridgehead atoms. The van der Waals surface area contributed by atoms with E-state index >= 15 is 0 Å². The third-order valence-corrected chi connectivity index (χ3v) is 6.39. The predicted molar refractivity (Wildman–Crippen MR) is 102 cm³/mol. The molecular formula is C21H15F2N2P. The molecule has 0 saturated heterocycles. The summed E-state index contributed by atoms with van der Waals surface area (Å²) >= 11 is 0. The van der Waals surface area contributed by atoms with Crippen molar-refractivity contribution in [2.24, 2.45) is 0 Å². The average molecular weight is 364 g/mol. The number of nitrogens with zero attached hydrogens (tertiary/aromatic N) is 2. The third-order valence-electron chi connectivity index (χ3n) is 4.03. The molecule has 0 spiro atoms. The van der Waals surface area contributed by atoms with Gasteiger partial charge in [0.25, 0.3) is 0 Å². The minimum absolute atomic E-state index is 0.552. The lowest BCUT2D eigenvalue weighted by atomic mass is 10.3. The molecule has 128 valence electrons. The normalized spacial score (nSPS) is 11.0. The van der Waals surface area contributed by atoms with Gasteiger partial charge in [0.05, 0.1) is 5.69 Å². The molecule has 0 aliphatic heterocycles. The first-order chi connectivity index (χ1) is 12.7. The molecule has 1 heterocycles. The van der Waals surface area contributed by atoms with Crippen molar-refractivity contribution in [3.8, 4) is 5.69 Å². The van der Waals surface area contributed by atoms with E-state index in [-0.39, 0.29) is 0 Å². The van der Waals surface area contributed by atoms with Gasteiger partial charge in [-0.15, -0.1) is 0 Å². The molecule has 0 N–H and O–H groups in total. The van der Waals surface area contributed by atoms with E-state index in [1.165, 1.54) is 6.07 Å². The highest BCUT2D eigenvalue weighted by molar-refractivity contribution is 7.79. The zero-order chi connectivity index (χ0) is 17.9. The number of hydrogen-bond acceptors (Lipinski definition) is 1. The van der Waals surface area contributed by atoms with Crippen LogP contribution in [-0.4, -0.2) is 9.55 Å². The second kappa shape index (κ2) is 7.19. The summed E-state index contributed by atoms with van der Waals surface area (Å²) in [7, 11) is -0.935. The minimum Gasteiger partial charge on any atom is -0.299 e. The monoisotopic (exact) mass is 364 g/mol. The number of aromatic nitrogens is 2. The topological polar surface area (TPSA) is 17.8 Å². The highest BCUT2D eigenvalue weighted by Gasteiger charge is 2.22. The van der Waals surface area contributed by atoms with Crippen molar-refractivity contribution < 1.29 is 8.78 Å². The predicted octanol–water partition coefficient (Wildman–Crippen LogP) is 3.91. The summed E-state index contributed by atoms with van der Waals surface area (Å²) < 4.78 is 28.9. The molecule has 2 nitrogen and oxygen atoms in total.